The highest BCUT2D eigenvalue weighted by Gasteiger charge is 2.23. The fraction of sp³-hybridized carbons (Fsp3) is 0.474. The topological polar surface area (TPSA) is 58.4 Å². The zero-order valence-corrected chi connectivity index (χ0v) is 15.2. The van der Waals surface area contributed by atoms with Crippen molar-refractivity contribution in [1.29, 1.82) is 0 Å². The number of aryl methyl sites for hydroxylation is 1. The van der Waals surface area contributed by atoms with E-state index in [-0.39, 0.29) is 12.5 Å². The Labute approximate surface area is 153 Å². The Kier molecular flexibility index (Phi) is 6.53. The molecule has 0 saturated carbocycles. The molecular weight excluding hydrogens is 334 g/mol. The number of thioether (sulfide) groups is 1. The number of aliphatic hydroxyl groups excluding tert-OH is 1. The number of aliphatic hydroxyl groups is 1. The SMILES string of the molecule is O=C(c1ccc(SCCO)cc1)N1CCC(CCn2cccn2)CC1. The average molecular weight is 359 g/mol. The number of rotatable bonds is 7. The van der Waals surface area contributed by atoms with Gasteiger partial charge >= 0.3 is 0 Å². The van der Waals surface area contributed by atoms with Crippen molar-refractivity contribution in [3.8, 4) is 0 Å². The summed E-state index contributed by atoms with van der Waals surface area (Å²) in [5, 5.41) is 13.1. The molecule has 0 atom stereocenters. The van der Waals surface area contributed by atoms with Gasteiger partial charge in [-0.05, 0) is 55.5 Å². The van der Waals surface area contributed by atoms with E-state index in [1.165, 1.54) is 0 Å². The van der Waals surface area contributed by atoms with E-state index < -0.39 is 0 Å². The van der Waals surface area contributed by atoms with E-state index in [1.54, 1.807) is 11.8 Å². The molecule has 134 valence electrons. The largest absolute Gasteiger partial charge is 0.396 e. The number of hydrogen-bond donors (Lipinski definition) is 1. The van der Waals surface area contributed by atoms with Crippen molar-refractivity contribution in [2.45, 2.75) is 30.7 Å². The van der Waals surface area contributed by atoms with E-state index in [0.29, 0.717) is 11.7 Å². The van der Waals surface area contributed by atoms with Crippen LogP contribution in [0.25, 0.3) is 0 Å². The minimum absolute atomic E-state index is 0.129. The minimum Gasteiger partial charge on any atom is -0.396 e. The number of hydrogen-bond acceptors (Lipinski definition) is 4. The summed E-state index contributed by atoms with van der Waals surface area (Å²) in [6, 6.07) is 9.67. The second-order valence-electron chi connectivity index (χ2n) is 6.39. The number of aromatic nitrogens is 2. The van der Waals surface area contributed by atoms with E-state index >= 15 is 0 Å². The number of likely N-dealkylation sites (tertiary alicyclic amines) is 1. The predicted octanol–water partition coefficient (Wildman–Crippen LogP) is 2.91. The van der Waals surface area contributed by atoms with Gasteiger partial charge in [0.1, 0.15) is 0 Å². The summed E-state index contributed by atoms with van der Waals surface area (Å²) in [7, 11) is 0. The lowest BCUT2D eigenvalue weighted by Crippen LogP contribution is -2.38. The Bertz CT molecular complexity index is 650. The van der Waals surface area contributed by atoms with Gasteiger partial charge in [0.25, 0.3) is 5.91 Å². The maximum Gasteiger partial charge on any atom is 0.253 e. The summed E-state index contributed by atoms with van der Waals surface area (Å²) in [5.41, 5.74) is 0.753. The van der Waals surface area contributed by atoms with E-state index in [4.69, 9.17) is 5.11 Å². The van der Waals surface area contributed by atoms with Gasteiger partial charge in [0.05, 0.1) is 6.61 Å². The molecule has 1 saturated heterocycles. The Morgan fingerprint density at radius 2 is 2.00 bits per heavy atom. The molecule has 0 radical (unpaired) electrons. The fourth-order valence-corrected chi connectivity index (χ4v) is 3.87. The zero-order valence-electron chi connectivity index (χ0n) is 14.4. The van der Waals surface area contributed by atoms with Crippen molar-refractivity contribution in [2.75, 3.05) is 25.4 Å². The van der Waals surface area contributed by atoms with Crippen LogP contribution < -0.4 is 0 Å². The van der Waals surface area contributed by atoms with Crippen LogP contribution in [0.4, 0.5) is 0 Å². The van der Waals surface area contributed by atoms with Crippen LogP contribution in [0.2, 0.25) is 0 Å². The lowest BCUT2D eigenvalue weighted by Gasteiger charge is -2.32. The van der Waals surface area contributed by atoms with Crippen LogP contribution >= 0.6 is 11.8 Å². The second kappa shape index (κ2) is 9.06. The third kappa shape index (κ3) is 5.09. The molecule has 2 heterocycles. The molecule has 0 bridgehead atoms. The molecule has 0 aliphatic carbocycles. The van der Waals surface area contributed by atoms with Crippen molar-refractivity contribution in [2.24, 2.45) is 5.92 Å². The highest BCUT2D eigenvalue weighted by molar-refractivity contribution is 7.99. The number of nitrogens with zero attached hydrogens (tertiary/aromatic N) is 3. The molecule has 1 aromatic carbocycles. The molecule has 0 spiro atoms. The molecule has 5 nitrogen and oxygen atoms in total. The normalized spacial score (nSPS) is 15.5. The van der Waals surface area contributed by atoms with Crippen LogP contribution in [-0.4, -0.2) is 51.1 Å². The van der Waals surface area contributed by atoms with Crippen LogP contribution in [0.3, 0.4) is 0 Å². The summed E-state index contributed by atoms with van der Waals surface area (Å²) >= 11 is 1.60. The Morgan fingerprint density at radius 3 is 2.64 bits per heavy atom. The molecule has 1 N–H and O–H groups in total. The molecule has 1 aliphatic rings. The van der Waals surface area contributed by atoms with E-state index in [0.717, 1.165) is 49.4 Å². The molecule has 3 rings (SSSR count). The Morgan fingerprint density at radius 1 is 1.24 bits per heavy atom. The summed E-state index contributed by atoms with van der Waals surface area (Å²) in [4.78, 5) is 15.7. The van der Waals surface area contributed by atoms with Gasteiger partial charge in [0, 0.05) is 48.2 Å². The van der Waals surface area contributed by atoms with Gasteiger partial charge < -0.3 is 10.0 Å². The van der Waals surface area contributed by atoms with Crippen LogP contribution in [0.1, 0.15) is 29.6 Å². The summed E-state index contributed by atoms with van der Waals surface area (Å²) in [5.74, 6) is 1.48. The van der Waals surface area contributed by atoms with Gasteiger partial charge in [-0.2, -0.15) is 5.10 Å². The summed E-state index contributed by atoms with van der Waals surface area (Å²) in [6.45, 7) is 2.80. The number of carbonyl (C=O) groups is 1. The average Bonchev–Trinajstić information content (AvgIpc) is 3.19. The lowest BCUT2D eigenvalue weighted by molar-refractivity contribution is 0.0684. The maximum atomic E-state index is 12.6. The lowest BCUT2D eigenvalue weighted by atomic mass is 9.93. The highest BCUT2D eigenvalue weighted by atomic mass is 32.2. The third-order valence-electron chi connectivity index (χ3n) is 4.69. The molecule has 25 heavy (non-hydrogen) atoms. The molecular formula is C19H25N3O2S. The first-order valence-electron chi connectivity index (χ1n) is 8.86. The van der Waals surface area contributed by atoms with Crippen LogP contribution in [0, 0.1) is 5.92 Å². The van der Waals surface area contributed by atoms with Gasteiger partial charge in [0.2, 0.25) is 0 Å². The molecule has 1 fully saturated rings. The summed E-state index contributed by atoms with van der Waals surface area (Å²) in [6.07, 6.45) is 7.07. The van der Waals surface area contributed by atoms with Crippen molar-refractivity contribution >= 4 is 17.7 Å². The Hall–Kier alpha value is -1.79. The molecule has 1 aliphatic heterocycles. The molecule has 2 aromatic rings. The molecule has 6 heteroatoms. The summed E-state index contributed by atoms with van der Waals surface area (Å²) < 4.78 is 1.98. The predicted molar refractivity (Wildman–Crippen MR) is 99.7 cm³/mol. The quantitative estimate of drug-likeness (QED) is 0.772. The smallest absolute Gasteiger partial charge is 0.253 e. The van der Waals surface area contributed by atoms with Crippen LogP contribution in [-0.2, 0) is 6.54 Å². The molecule has 0 unspecified atom stereocenters. The monoisotopic (exact) mass is 359 g/mol. The van der Waals surface area contributed by atoms with Crippen LogP contribution in [0.15, 0.2) is 47.6 Å². The highest BCUT2D eigenvalue weighted by Crippen LogP contribution is 2.23. The van der Waals surface area contributed by atoms with Crippen molar-refractivity contribution in [3.05, 3.63) is 48.3 Å². The third-order valence-corrected chi connectivity index (χ3v) is 5.68. The number of piperidine rings is 1. The van der Waals surface area contributed by atoms with Crippen molar-refractivity contribution in [1.82, 2.24) is 14.7 Å². The minimum atomic E-state index is 0.129. The first kappa shape index (κ1) is 18.0. The van der Waals surface area contributed by atoms with Crippen molar-refractivity contribution < 1.29 is 9.90 Å². The van der Waals surface area contributed by atoms with Gasteiger partial charge in [-0.3, -0.25) is 9.48 Å². The first-order chi connectivity index (χ1) is 12.3. The molecule has 1 amide bonds. The number of carbonyl (C=O) groups excluding carboxylic acids is 1. The Balaban J connectivity index is 1.46. The first-order valence-corrected chi connectivity index (χ1v) is 9.85. The zero-order chi connectivity index (χ0) is 17.5. The van der Waals surface area contributed by atoms with E-state index in [2.05, 4.69) is 5.10 Å². The van der Waals surface area contributed by atoms with Crippen molar-refractivity contribution in [3.63, 3.8) is 0 Å². The van der Waals surface area contributed by atoms with Gasteiger partial charge in [-0.25, -0.2) is 0 Å². The molecule has 1 aromatic heterocycles. The van der Waals surface area contributed by atoms with E-state index in [1.807, 2.05) is 52.3 Å². The van der Waals surface area contributed by atoms with E-state index in [9.17, 15) is 4.79 Å². The number of amides is 1. The van der Waals surface area contributed by atoms with Gasteiger partial charge in [0.15, 0.2) is 0 Å². The van der Waals surface area contributed by atoms with Gasteiger partial charge in [-0.15, -0.1) is 11.8 Å². The van der Waals surface area contributed by atoms with Crippen LogP contribution in [0.5, 0.6) is 0 Å². The second-order valence-corrected chi connectivity index (χ2v) is 7.56. The maximum absolute atomic E-state index is 12.6. The standard InChI is InChI=1S/C19H25N3O2S/c23-14-15-25-18-4-2-17(3-5-18)19(24)21-11-6-16(7-12-21)8-13-22-10-1-9-20-22/h1-5,9-10,16,23H,6-8,11-15H2. The number of benzene rings is 1. The fourth-order valence-electron chi connectivity index (χ4n) is 3.21. The van der Waals surface area contributed by atoms with Gasteiger partial charge in [-0.1, -0.05) is 0 Å².